The summed E-state index contributed by atoms with van der Waals surface area (Å²) in [5.41, 5.74) is 1.81. The van der Waals surface area contributed by atoms with Crippen LogP contribution in [0.15, 0.2) is 41.7 Å². The van der Waals surface area contributed by atoms with Crippen molar-refractivity contribution in [3.63, 3.8) is 0 Å². The molecule has 124 valence electrons. The van der Waals surface area contributed by atoms with Gasteiger partial charge in [0, 0.05) is 49.6 Å². The maximum atomic E-state index is 10.2. The van der Waals surface area contributed by atoms with E-state index in [0.717, 1.165) is 5.56 Å². The minimum Gasteiger partial charge on any atom is -0.387 e. The van der Waals surface area contributed by atoms with Gasteiger partial charge in [0.1, 0.15) is 0 Å². The van der Waals surface area contributed by atoms with E-state index in [4.69, 9.17) is 23.2 Å². The van der Waals surface area contributed by atoms with E-state index in [1.807, 2.05) is 30.1 Å². The molecule has 0 aliphatic rings. The number of halogens is 2. The number of benzene rings is 1. The van der Waals surface area contributed by atoms with Crippen molar-refractivity contribution in [2.45, 2.75) is 12.6 Å². The van der Waals surface area contributed by atoms with E-state index in [1.54, 1.807) is 25.2 Å². The van der Waals surface area contributed by atoms with Crippen LogP contribution in [-0.2, 0) is 13.6 Å². The number of nitrogens with zero attached hydrogens (tertiary/aromatic N) is 2. The maximum Gasteiger partial charge on any atom is 0.191 e. The Bertz CT molecular complexity index is 664. The molecule has 2 rings (SSSR count). The van der Waals surface area contributed by atoms with E-state index in [1.165, 1.54) is 0 Å². The summed E-state index contributed by atoms with van der Waals surface area (Å²) in [6, 6.07) is 7.05. The van der Waals surface area contributed by atoms with Gasteiger partial charge >= 0.3 is 0 Å². The number of aliphatic imine (C=N–C) groups is 1. The second kappa shape index (κ2) is 8.24. The smallest absolute Gasteiger partial charge is 0.191 e. The second-order valence-electron chi connectivity index (χ2n) is 5.21. The molecule has 3 N–H and O–H groups in total. The highest BCUT2D eigenvalue weighted by atomic mass is 35.5. The molecule has 1 aromatic carbocycles. The second-order valence-corrected chi connectivity index (χ2v) is 6.08. The van der Waals surface area contributed by atoms with Crippen LogP contribution >= 0.6 is 23.2 Å². The van der Waals surface area contributed by atoms with Crippen LogP contribution in [0.3, 0.4) is 0 Å². The minimum absolute atomic E-state index is 0.297. The van der Waals surface area contributed by atoms with Crippen molar-refractivity contribution in [1.82, 2.24) is 15.2 Å². The highest BCUT2D eigenvalue weighted by molar-refractivity contribution is 6.34. The Kier molecular flexibility index (Phi) is 6.33. The fraction of sp³-hybridized carbons (Fsp3) is 0.312. The van der Waals surface area contributed by atoms with Gasteiger partial charge in [-0.3, -0.25) is 4.99 Å². The van der Waals surface area contributed by atoms with Crippen LogP contribution in [0.4, 0.5) is 0 Å². The van der Waals surface area contributed by atoms with Crippen molar-refractivity contribution in [3.05, 3.63) is 57.8 Å². The summed E-state index contributed by atoms with van der Waals surface area (Å²) < 4.78 is 1.99. The van der Waals surface area contributed by atoms with Gasteiger partial charge in [-0.15, -0.1) is 0 Å². The molecule has 0 radical (unpaired) electrons. The quantitative estimate of drug-likeness (QED) is 0.571. The molecule has 1 atom stereocenters. The van der Waals surface area contributed by atoms with Crippen molar-refractivity contribution in [2.75, 3.05) is 13.6 Å². The molecule has 0 spiro atoms. The lowest BCUT2D eigenvalue weighted by Gasteiger charge is -2.16. The fourth-order valence-electron chi connectivity index (χ4n) is 2.15. The highest BCUT2D eigenvalue weighted by Crippen LogP contribution is 2.23. The van der Waals surface area contributed by atoms with E-state index in [9.17, 15) is 5.11 Å². The average Bonchev–Trinajstić information content (AvgIpc) is 2.91. The molecule has 23 heavy (non-hydrogen) atoms. The van der Waals surface area contributed by atoms with Gasteiger partial charge in [-0.25, -0.2) is 0 Å². The molecule has 0 saturated heterocycles. The Morgan fingerprint density at radius 3 is 2.52 bits per heavy atom. The number of guanidine groups is 1. The molecule has 2 aromatic rings. The first-order valence-electron chi connectivity index (χ1n) is 7.17. The molecule has 7 heteroatoms. The lowest BCUT2D eigenvalue weighted by Crippen LogP contribution is -2.38. The SMILES string of the molecule is CN=C(NCc1ccn(C)c1)NCC(O)c1cc(Cl)cc(Cl)c1. The largest absolute Gasteiger partial charge is 0.387 e. The van der Waals surface area contributed by atoms with Gasteiger partial charge in [-0.2, -0.15) is 0 Å². The Balaban J connectivity index is 1.87. The molecule has 1 aromatic heterocycles. The Morgan fingerprint density at radius 1 is 1.26 bits per heavy atom. The monoisotopic (exact) mass is 354 g/mol. The van der Waals surface area contributed by atoms with Crippen LogP contribution < -0.4 is 10.6 Å². The first kappa shape index (κ1) is 17.7. The summed E-state index contributed by atoms with van der Waals surface area (Å²) in [6.45, 7) is 0.949. The Labute approximate surface area is 145 Å². The van der Waals surface area contributed by atoms with Crippen LogP contribution in [0.1, 0.15) is 17.2 Å². The molecule has 0 bridgehead atoms. The first-order chi connectivity index (χ1) is 11.0. The topological polar surface area (TPSA) is 61.6 Å². The molecule has 1 unspecified atom stereocenters. The van der Waals surface area contributed by atoms with Gasteiger partial charge in [-0.05, 0) is 35.4 Å². The van der Waals surface area contributed by atoms with Crippen molar-refractivity contribution in [1.29, 1.82) is 0 Å². The number of hydrogen-bond donors (Lipinski definition) is 3. The lowest BCUT2D eigenvalue weighted by molar-refractivity contribution is 0.181. The summed E-state index contributed by atoms with van der Waals surface area (Å²) in [4.78, 5) is 4.14. The maximum absolute atomic E-state index is 10.2. The minimum atomic E-state index is -0.735. The highest BCUT2D eigenvalue weighted by Gasteiger charge is 2.10. The fourth-order valence-corrected chi connectivity index (χ4v) is 2.69. The number of hydrogen-bond acceptors (Lipinski definition) is 2. The predicted octanol–water partition coefficient (Wildman–Crippen LogP) is 2.73. The van der Waals surface area contributed by atoms with Crippen molar-refractivity contribution in [2.24, 2.45) is 12.0 Å². The van der Waals surface area contributed by atoms with Crippen molar-refractivity contribution in [3.8, 4) is 0 Å². The summed E-state index contributed by atoms with van der Waals surface area (Å²) in [7, 11) is 3.66. The molecule has 0 amide bonds. The zero-order valence-corrected chi connectivity index (χ0v) is 14.6. The van der Waals surface area contributed by atoms with Crippen LogP contribution in [0.25, 0.3) is 0 Å². The number of aryl methyl sites for hydroxylation is 1. The molecule has 0 aliphatic carbocycles. The van der Waals surface area contributed by atoms with E-state index in [-0.39, 0.29) is 0 Å². The van der Waals surface area contributed by atoms with E-state index >= 15 is 0 Å². The normalized spacial score (nSPS) is 13.0. The van der Waals surface area contributed by atoms with Crippen LogP contribution in [0, 0.1) is 0 Å². The van der Waals surface area contributed by atoms with Crippen molar-refractivity contribution < 1.29 is 5.11 Å². The standard InChI is InChI=1S/C16H20Cl2N4O/c1-19-16(20-8-11-3-4-22(2)10-11)21-9-15(23)12-5-13(17)7-14(18)6-12/h3-7,10,15,23H,8-9H2,1-2H3,(H2,19,20,21). The van der Waals surface area contributed by atoms with Gasteiger partial charge in [0.05, 0.1) is 6.10 Å². The number of aliphatic hydroxyl groups excluding tert-OH is 1. The predicted molar refractivity (Wildman–Crippen MR) is 95.0 cm³/mol. The molecule has 0 aliphatic heterocycles. The van der Waals surface area contributed by atoms with Gasteiger partial charge in [-0.1, -0.05) is 23.2 Å². The number of rotatable bonds is 5. The van der Waals surface area contributed by atoms with Gasteiger partial charge < -0.3 is 20.3 Å². The zero-order chi connectivity index (χ0) is 16.8. The third kappa shape index (κ3) is 5.46. The molecular weight excluding hydrogens is 335 g/mol. The van der Waals surface area contributed by atoms with Gasteiger partial charge in [0.25, 0.3) is 0 Å². The average molecular weight is 355 g/mol. The Hall–Kier alpha value is -1.69. The van der Waals surface area contributed by atoms with E-state index in [0.29, 0.717) is 34.7 Å². The summed E-state index contributed by atoms with van der Waals surface area (Å²) >= 11 is 11.9. The summed E-state index contributed by atoms with van der Waals surface area (Å²) in [6.07, 6.45) is 3.28. The lowest BCUT2D eigenvalue weighted by atomic mass is 10.1. The third-order valence-corrected chi connectivity index (χ3v) is 3.75. The number of nitrogens with one attached hydrogen (secondary N) is 2. The van der Waals surface area contributed by atoms with Crippen LogP contribution in [-0.4, -0.2) is 29.2 Å². The molecule has 0 saturated carbocycles. The number of aromatic nitrogens is 1. The first-order valence-corrected chi connectivity index (χ1v) is 7.93. The van der Waals surface area contributed by atoms with Gasteiger partial charge in [0.2, 0.25) is 0 Å². The molecule has 0 fully saturated rings. The summed E-state index contributed by atoms with van der Waals surface area (Å²) in [5, 5.41) is 17.5. The summed E-state index contributed by atoms with van der Waals surface area (Å²) in [5.74, 6) is 0.612. The van der Waals surface area contributed by atoms with E-state index in [2.05, 4.69) is 15.6 Å². The Morgan fingerprint density at radius 2 is 1.96 bits per heavy atom. The zero-order valence-electron chi connectivity index (χ0n) is 13.1. The molecular formula is C16H20Cl2N4O. The molecule has 5 nitrogen and oxygen atoms in total. The number of aliphatic hydroxyl groups is 1. The third-order valence-electron chi connectivity index (χ3n) is 3.31. The van der Waals surface area contributed by atoms with Crippen LogP contribution in [0.5, 0.6) is 0 Å². The molecule has 1 heterocycles. The van der Waals surface area contributed by atoms with Gasteiger partial charge in [0.15, 0.2) is 5.96 Å². The van der Waals surface area contributed by atoms with E-state index < -0.39 is 6.10 Å². The van der Waals surface area contributed by atoms with Crippen LogP contribution in [0.2, 0.25) is 10.0 Å². The van der Waals surface area contributed by atoms with Crippen molar-refractivity contribution >= 4 is 29.2 Å².